The number of rotatable bonds is 6. The van der Waals surface area contributed by atoms with Crippen LogP contribution in [0.4, 0.5) is 0 Å². The molecule has 0 aromatic carbocycles. The molecule has 1 aromatic rings. The Morgan fingerprint density at radius 1 is 1.39 bits per heavy atom. The van der Waals surface area contributed by atoms with Crippen LogP contribution >= 0.6 is 0 Å². The van der Waals surface area contributed by atoms with Crippen molar-refractivity contribution in [2.24, 2.45) is 5.92 Å². The van der Waals surface area contributed by atoms with Crippen molar-refractivity contribution in [2.45, 2.75) is 70.2 Å². The smallest absolute Gasteiger partial charge is 0.136 e. The second-order valence-corrected chi connectivity index (χ2v) is 10.1. The Hall–Kier alpha value is -0.690. The van der Waals surface area contributed by atoms with Gasteiger partial charge in [0.25, 0.3) is 0 Å². The van der Waals surface area contributed by atoms with Crippen molar-refractivity contribution >= 4 is 11.4 Å². The van der Waals surface area contributed by atoms with Crippen LogP contribution in [0.2, 0.25) is 0 Å². The van der Waals surface area contributed by atoms with Gasteiger partial charge in [0.2, 0.25) is 0 Å². The molecule has 23 heavy (non-hydrogen) atoms. The third kappa shape index (κ3) is 5.71. The lowest BCUT2D eigenvalue weighted by Crippen LogP contribution is -2.41. The first kappa shape index (κ1) is 18.6. The summed E-state index contributed by atoms with van der Waals surface area (Å²) in [6, 6.07) is 0.0278. The molecule has 0 aliphatic carbocycles. The maximum Gasteiger partial charge on any atom is 0.136 e. The fraction of sp³-hybridized carbons (Fsp3) is 0.765. The summed E-state index contributed by atoms with van der Waals surface area (Å²) in [6.45, 7) is 11.5. The van der Waals surface area contributed by atoms with Gasteiger partial charge in [-0.1, -0.05) is 0 Å². The van der Waals surface area contributed by atoms with Gasteiger partial charge in [-0.05, 0) is 66.3 Å². The fourth-order valence-corrected chi connectivity index (χ4v) is 3.85. The summed E-state index contributed by atoms with van der Waals surface area (Å²) in [5, 5.41) is 3.57. The predicted octanol–water partition coefficient (Wildman–Crippen LogP) is 2.74. The minimum Gasteiger partial charge on any atom is -0.598 e. The first-order valence-electron chi connectivity index (χ1n) is 8.35. The molecule has 2 rings (SSSR count). The van der Waals surface area contributed by atoms with Gasteiger partial charge in [0.05, 0.1) is 6.04 Å². The summed E-state index contributed by atoms with van der Waals surface area (Å²) in [5.74, 6) is 0.669. The Balaban J connectivity index is 2.00. The van der Waals surface area contributed by atoms with Crippen LogP contribution in [-0.4, -0.2) is 31.4 Å². The number of nitrogens with one attached hydrogen (secondary N) is 2. The lowest BCUT2D eigenvalue weighted by molar-refractivity contribution is 0.410. The van der Waals surface area contributed by atoms with Crippen molar-refractivity contribution in [3.63, 3.8) is 0 Å². The average molecular weight is 339 g/mol. The number of aromatic nitrogens is 2. The SMILES string of the molecule is CC1(C)C[C@H](CCC(N[S+]([O-])C(C)(C)C)c2cncnc2)CN1. The molecule has 3 atom stereocenters. The number of nitrogens with zero attached hydrogens (tertiary/aromatic N) is 2. The largest absolute Gasteiger partial charge is 0.598 e. The van der Waals surface area contributed by atoms with Gasteiger partial charge in [0, 0.05) is 34.9 Å². The molecule has 6 heteroatoms. The van der Waals surface area contributed by atoms with E-state index in [1.54, 1.807) is 0 Å². The molecule has 0 radical (unpaired) electrons. The molecule has 0 amide bonds. The fourth-order valence-electron chi connectivity index (χ4n) is 2.98. The standard InChI is InChI=1S/C17H30N4OS/c1-16(2,3)23(22)21-15(14-10-18-12-19-11-14)7-6-13-8-17(4,5)20-9-13/h10-13,15,20-21H,6-9H2,1-5H3/t13-,15?,23?/m0/s1. The van der Waals surface area contributed by atoms with Crippen LogP contribution in [0.3, 0.4) is 0 Å². The summed E-state index contributed by atoms with van der Waals surface area (Å²) in [7, 11) is 0. The zero-order valence-electron chi connectivity index (χ0n) is 14.9. The molecule has 0 saturated carbocycles. The topological polar surface area (TPSA) is 72.9 Å². The van der Waals surface area contributed by atoms with Crippen LogP contribution < -0.4 is 10.0 Å². The first-order valence-corrected chi connectivity index (χ1v) is 9.50. The molecular formula is C17H30N4OS. The molecule has 1 fully saturated rings. The highest BCUT2D eigenvalue weighted by molar-refractivity contribution is 7.90. The minimum atomic E-state index is -1.11. The van der Waals surface area contributed by atoms with Crippen LogP contribution in [0.1, 0.15) is 65.5 Å². The molecule has 2 N–H and O–H groups in total. The summed E-state index contributed by atoms with van der Waals surface area (Å²) in [5.41, 5.74) is 1.24. The lowest BCUT2D eigenvalue weighted by Gasteiger charge is -2.28. The van der Waals surface area contributed by atoms with Crippen LogP contribution in [0, 0.1) is 5.92 Å². The van der Waals surface area contributed by atoms with E-state index in [2.05, 4.69) is 33.9 Å². The summed E-state index contributed by atoms with van der Waals surface area (Å²) < 4.78 is 15.5. The molecule has 1 saturated heterocycles. The quantitative estimate of drug-likeness (QED) is 0.780. The van der Waals surface area contributed by atoms with E-state index in [1.165, 1.54) is 12.7 Å². The predicted molar refractivity (Wildman–Crippen MR) is 95.2 cm³/mol. The second kappa shape index (κ2) is 7.47. The molecule has 0 spiro atoms. The van der Waals surface area contributed by atoms with Crippen LogP contribution in [0.25, 0.3) is 0 Å². The van der Waals surface area contributed by atoms with E-state index in [-0.39, 0.29) is 16.3 Å². The normalized spacial score (nSPS) is 23.7. The van der Waals surface area contributed by atoms with Crippen LogP contribution in [0.15, 0.2) is 18.7 Å². The van der Waals surface area contributed by atoms with Gasteiger partial charge in [0.15, 0.2) is 0 Å². The summed E-state index contributed by atoms with van der Waals surface area (Å²) in [6.07, 6.45) is 8.41. The van der Waals surface area contributed by atoms with E-state index in [1.807, 2.05) is 33.2 Å². The van der Waals surface area contributed by atoms with Gasteiger partial charge < -0.3 is 9.87 Å². The highest BCUT2D eigenvalue weighted by Gasteiger charge is 2.33. The molecule has 1 aliphatic rings. The Morgan fingerprint density at radius 3 is 2.57 bits per heavy atom. The van der Waals surface area contributed by atoms with Gasteiger partial charge in [-0.3, -0.25) is 0 Å². The third-order valence-electron chi connectivity index (χ3n) is 4.32. The maximum absolute atomic E-state index is 12.5. The monoisotopic (exact) mass is 338 g/mol. The Labute approximate surface area is 143 Å². The van der Waals surface area contributed by atoms with Gasteiger partial charge in [0.1, 0.15) is 11.1 Å². The molecule has 1 aromatic heterocycles. The van der Waals surface area contributed by atoms with E-state index in [0.29, 0.717) is 5.92 Å². The van der Waals surface area contributed by atoms with Crippen molar-refractivity contribution < 1.29 is 4.55 Å². The van der Waals surface area contributed by atoms with Crippen molar-refractivity contribution in [3.05, 3.63) is 24.3 Å². The highest BCUT2D eigenvalue weighted by atomic mass is 32.2. The minimum absolute atomic E-state index is 0.0278. The van der Waals surface area contributed by atoms with E-state index < -0.39 is 11.4 Å². The van der Waals surface area contributed by atoms with Gasteiger partial charge in [-0.2, -0.15) is 0 Å². The second-order valence-electron chi connectivity index (χ2n) is 8.14. The van der Waals surface area contributed by atoms with Crippen molar-refractivity contribution in [3.8, 4) is 0 Å². The van der Waals surface area contributed by atoms with Crippen LogP contribution in [-0.2, 0) is 11.4 Å². The Kier molecular flexibility index (Phi) is 6.05. The van der Waals surface area contributed by atoms with E-state index in [9.17, 15) is 4.55 Å². The van der Waals surface area contributed by atoms with Gasteiger partial charge in [-0.25, -0.2) is 9.97 Å². The maximum atomic E-state index is 12.5. The molecule has 1 aliphatic heterocycles. The average Bonchev–Trinajstić information content (AvgIpc) is 2.82. The molecule has 5 nitrogen and oxygen atoms in total. The van der Waals surface area contributed by atoms with E-state index >= 15 is 0 Å². The van der Waals surface area contributed by atoms with Crippen molar-refractivity contribution in [1.82, 2.24) is 20.0 Å². The van der Waals surface area contributed by atoms with Crippen LogP contribution in [0.5, 0.6) is 0 Å². The molecular weight excluding hydrogens is 308 g/mol. The molecule has 0 bridgehead atoms. The van der Waals surface area contributed by atoms with E-state index in [4.69, 9.17) is 0 Å². The van der Waals surface area contributed by atoms with Gasteiger partial charge in [-0.15, -0.1) is 4.72 Å². The summed E-state index contributed by atoms with van der Waals surface area (Å²) in [4.78, 5) is 8.23. The Bertz CT molecular complexity index is 489. The number of hydrogen-bond acceptors (Lipinski definition) is 5. The van der Waals surface area contributed by atoms with Crippen molar-refractivity contribution in [1.29, 1.82) is 0 Å². The number of hydrogen-bond donors (Lipinski definition) is 2. The summed E-state index contributed by atoms with van der Waals surface area (Å²) >= 11 is -1.11. The van der Waals surface area contributed by atoms with E-state index in [0.717, 1.165) is 24.9 Å². The highest BCUT2D eigenvalue weighted by Crippen LogP contribution is 2.30. The molecule has 2 heterocycles. The Morgan fingerprint density at radius 2 is 2.04 bits per heavy atom. The zero-order chi connectivity index (χ0) is 17.1. The molecule has 130 valence electrons. The molecule has 2 unspecified atom stereocenters. The lowest BCUT2D eigenvalue weighted by atomic mass is 9.91. The zero-order valence-corrected chi connectivity index (χ0v) is 15.7. The van der Waals surface area contributed by atoms with Gasteiger partial charge >= 0.3 is 0 Å². The first-order chi connectivity index (χ1) is 10.7. The third-order valence-corrected chi connectivity index (χ3v) is 5.93. The van der Waals surface area contributed by atoms with Crippen molar-refractivity contribution in [2.75, 3.05) is 6.54 Å².